The third kappa shape index (κ3) is 5.34. The monoisotopic (exact) mass is 354 g/mol. The number of nitrogens with one attached hydrogen (secondary N) is 1. The first kappa shape index (κ1) is 19.5. The smallest absolute Gasteiger partial charge is 0.226 e. The lowest BCUT2D eigenvalue weighted by atomic mass is 10.0. The van der Waals surface area contributed by atoms with Crippen LogP contribution in [0.1, 0.15) is 38.7 Å². The summed E-state index contributed by atoms with van der Waals surface area (Å²) in [6.07, 6.45) is 0.220. The van der Waals surface area contributed by atoms with Gasteiger partial charge >= 0.3 is 0 Å². The summed E-state index contributed by atoms with van der Waals surface area (Å²) in [7, 11) is 1.59. The average molecular weight is 354 g/mol. The van der Waals surface area contributed by atoms with Crippen LogP contribution in [0.25, 0.3) is 0 Å². The number of hydrogen-bond acceptors (Lipinski definition) is 3. The van der Waals surface area contributed by atoms with E-state index in [1.807, 2.05) is 24.3 Å². The molecule has 0 aliphatic rings. The van der Waals surface area contributed by atoms with Crippen LogP contribution in [0, 0.1) is 0 Å². The Morgan fingerprint density at radius 2 is 1.65 bits per heavy atom. The first-order valence-electron chi connectivity index (χ1n) is 8.72. The Morgan fingerprint density at radius 3 is 2.15 bits per heavy atom. The molecule has 2 aromatic rings. The number of carbonyl (C=O) groups is 2. The maximum Gasteiger partial charge on any atom is 0.226 e. The van der Waals surface area contributed by atoms with Gasteiger partial charge in [-0.05, 0) is 47.9 Å². The highest BCUT2D eigenvalue weighted by Gasteiger charge is 2.14. The van der Waals surface area contributed by atoms with Crippen LogP contribution >= 0.6 is 0 Å². The van der Waals surface area contributed by atoms with Gasteiger partial charge in [0.25, 0.3) is 0 Å². The topological polar surface area (TPSA) is 58.6 Å². The van der Waals surface area contributed by atoms with E-state index in [-0.39, 0.29) is 18.2 Å². The first-order valence-corrected chi connectivity index (χ1v) is 8.72. The van der Waals surface area contributed by atoms with Crippen LogP contribution in [0.4, 0.5) is 11.4 Å². The van der Waals surface area contributed by atoms with E-state index in [0.717, 1.165) is 11.4 Å². The molecule has 0 bridgehead atoms. The van der Waals surface area contributed by atoms with Gasteiger partial charge in [0.1, 0.15) is 5.75 Å². The van der Waals surface area contributed by atoms with Crippen LogP contribution in [0.15, 0.2) is 48.5 Å². The Bertz CT molecular complexity index is 737. The van der Waals surface area contributed by atoms with E-state index in [1.54, 1.807) is 36.3 Å². The van der Waals surface area contributed by atoms with Gasteiger partial charge in [-0.15, -0.1) is 0 Å². The number of benzene rings is 2. The van der Waals surface area contributed by atoms with Gasteiger partial charge in [0, 0.05) is 31.3 Å². The summed E-state index contributed by atoms with van der Waals surface area (Å²) in [5.74, 6) is 0.945. The predicted octanol–water partition coefficient (Wildman–Crippen LogP) is 4.20. The fourth-order valence-corrected chi connectivity index (χ4v) is 2.62. The van der Waals surface area contributed by atoms with E-state index >= 15 is 0 Å². The van der Waals surface area contributed by atoms with Gasteiger partial charge in [-0.2, -0.15) is 0 Å². The van der Waals surface area contributed by atoms with E-state index in [4.69, 9.17) is 4.74 Å². The highest BCUT2D eigenvalue weighted by Crippen LogP contribution is 2.21. The summed E-state index contributed by atoms with van der Waals surface area (Å²) in [5, 5.41) is 2.83. The second-order valence-corrected chi connectivity index (χ2v) is 6.44. The molecule has 0 fully saturated rings. The fraction of sp³-hybridized carbons (Fsp3) is 0.333. The minimum Gasteiger partial charge on any atom is -0.497 e. The molecule has 0 atom stereocenters. The maximum atomic E-state index is 12.2. The highest BCUT2D eigenvalue weighted by molar-refractivity contribution is 5.94. The first-order chi connectivity index (χ1) is 12.4. The van der Waals surface area contributed by atoms with Crippen LogP contribution in [0.2, 0.25) is 0 Å². The molecule has 2 aromatic carbocycles. The number of amides is 2. The number of anilines is 2. The number of rotatable bonds is 7. The van der Waals surface area contributed by atoms with E-state index in [9.17, 15) is 9.59 Å². The Labute approximate surface area is 155 Å². The minimum absolute atomic E-state index is 0.0838. The molecule has 0 radical (unpaired) electrons. The molecular formula is C21H26N2O3. The zero-order chi connectivity index (χ0) is 19.1. The van der Waals surface area contributed by atoms with Crippen molar-refractivity contribution in [1.82, 2.24) is 0 Å². The summed E-state index contributed by atoms with van der Waals surface area (Å²) < 4.78 is 5.09. The minimum atomic E-state index is -0.139. The summed E-state index contributed by atoms with van der Waals surface area (Å²) in [4.78, 5) is 25.8. The molecule has 2 amide bonds. The molecule has 5 nitrogen and oxygen atoms in total. The molecule has 0 aliphatic carbocycles. The van der Waals surface area contributed by atoms with E-state index in [1.165, 1.54) is 12.5 Å². The molecule has 0 aromatic heterocycles. The molecule has 1 N–H and O–H groups in total. The van der Waals surface area contributed by atoms with Crippen molar-refractivity contribution in [3.8, 4) is 5.75 Å². The largest absolute Gasteiger partial charge is 0.497 e. The zero-order valence-corrected chi connectivity index (χ0v) is 15.8. The van der Waals surface area contributed by atoms with E-state index in [2.05, 4.69) is 19.2 Å². The quantitative estimate of drug-likeness (QED) is 0.811. The van der Waals surface area contributed by atoms with Gasteiger partial charge in [0.2, 0.25) is 11.8 Å². The molecule has 0 heterocycles. The van der Waals surface area contributed by atoms with Crippen molar-refractivity contribution in [3.05, 3.63) is 54.1 Å². The van der Waals surface area contributed by atoms with Crippen LogP contribution in [-0.4, -0.2) is 25.5 Å². The van der Waals surface area contributed by atoms with Crippen molar-refractivity contribution < 1.29 is 14.3 Å². The Kier molecular flexibility index (Phi) is 6.78. The van der Waals surface area contributed by atoms with Crippen LogP contribution in [0.3, 0.4) is 0 Å². The van der Waals surface area contributed by atoms with Crippen molar-refractivity contribution in [2.45, 2.75) is 33.1 Å². The number of ether oxygens (including phenoxy) is 1. The molecule has 0 saturated carbocycles. The second kappa shape index (κ2) is 9.04. The maximum absolute atomic E-state index is 12.2. The van der Waals surface area contributed by atoms with Crippen LogP contribution in [-0.2, 0) is 9.59 Å². The van der Waals surface area contributed by atoms with Gasteiger partial charge in [0.05, 0.1) is 7.11 Å². The molecule has 2 rings (SSSR count). The lowest BCUT2D eigenvalue weighted by Crippen LogP contribution is -2.31. The standard InChI is InChI=1S/C21H26N2O3/c1-15(2)17-5-9-19(10-6-17)23(16(3)24)14-13-21(25)22-18-7-11-20(26-4)12-8-18/h5-12,15H,13-14H2,1-4H3,(H,22,25). The molecule has 26 heavy (non-hydrogen) atoms. The van der Waals surface area contributed by atoms with Crippen LogP contribution in [0.5, 0.6) is 5.75 Å². The predicted molar refractivity (Wildman–Crippen MR) is 105 cm³/mol. The molecule has 5 heteroatoms. The average Bonchev–Trinajstić information content (AvgIpc) is 2.62. The van der Waals surface area contributed by atoms with Gasteiger partial charge in [-0.3, -0.25) is 9.59 Å². The molecule has 0 unspecified atom stereocenters. The SMILES string of the molecule is COc1ccc(NC(=O)CCN(C(C)=O)c2ccc(C(C)C)cc2)cc1. The fourth-order valence-electron chi connectivity index (χ4n) is 2.62. The highest BCUT2D eigenvalue weighted by atomic mass is 16.5. The Hall–Kier alpha value is -2.82. The Morgan fingerprint density at radius 1 is 1.04 bits per heavy atom. The number of carbonyl (C=O) groups excluding carboxylic acids is 2. The molecule has 138 valence electrons. The lowest BCUT2D eigenvalue weighted by molar-refractivity contribution is -0.117. The summed E-state index contributed by atoms with van der Waals surface area (Å²) in [6, 6.07) is 15.0. The molecule has 0 saturated heterocycles. The van der Waals surface area contributed by atoms with E-state index in [0.29, 0.717) is 18.2 Å². The van der Waals surface area contributed by atoms with Crippen molar-refractivity contribution >= 4 is 23.2 Å². The van der Waals surface area contributed by atoms with Gasteiger partial charge < -0.3 is 15.0 Å². The van der Waals surface area contributed by atoms with E-state index < -0.39 is 0 Å². The van der Waals surface area contributed by atoms with Gasteiger partial charge in [-0.1, -0.05) is 26.0 Å². The van der Waals surface area contributed by atoms with Gasteiger partial charge in [-0.25, -0.2) is 0 Å². The molecule has 0 aliphatic heterocycles. The second-order valence-electron chi connectivity index (χ2n) is 6.44. The summed E-state index contributed by atoms with van der Waals surface area (Å²) in [6.45, 7) is 6.10. The lowest BCUT2D eigenvalue weighted by Gasteiger charge is -2.21. The third-order valence-electron chi connectivity index (χ3n) is 4.19. The molecular weight excluding hydrogens is 328 g/mol. The van der Waals surface area contributed by atoms with Crippen molar-refractivity contribution in [2.75, 3.05) is 23.9 Å². The molecule has 0 spiro atoms. The number of methoxy groups -OCH3 is 1. The normalized spacial score (nSPS) is 10.5. The Balaban J connectivity index is 1.96. The number of nitrogens with zero attached hydrogens (tertiary/aromatic N) is 1. The van der Waals surface area contributed by atoms with Crippen molar-refractivity contribution in [1.29, 1.82) is 0 Å². The third-order valence-corrected chi connectivity index (χ3v) is 4.19. The van der Waals surface area contributed by atoms with Crippen molar-refractivity contribution in [2.24, 2.45) is 0 Å². The number of hydrogen-bond donors (Lipinski definition) is 1. The van der Waals surface area contributed by atoms with Crippen LogP contribution < -0.4 is 15.0 Å². The summed E-state index contributed by atoms with van der Waals surface area (Å²) in [5.41, 5.74) is 2.72. The van der Waals surface area contributed by atoms with Crippen molar-refractivity contribution in [3.63, 3.8) is 0 Å². The summed E-state index contributed by atoms with van der Waals surface area (Å²) >= 11 is 0. The van der Waals surface area contributed by atoms with Gasteiger partial charge in [0.15, 0.2) is 0 Å². The zero-order valence-electron chi connectivity index (χ0n) is 15.8.